The summed E-state index contributed by atoms with van der Waals surface area (Å²) in [6.45, 7) is 1.60. The summed E-state index contributed by atoms with van der Waals surface area (Å²) in [4.78, 5) is 26.8. The highest BCUT2D eigenvalue weighted by Gasteiger charge is 2.28. The summed E-state index contributed by atoms with van der Waals surface area (Å²) in [7, 11) is 5.73. The minimum atomic E-state index is -0.0772. The second-order valence-electron chi connectivity index (χ2n) is 8.51. The molecule has 3 aromatic heterocycles. The first kappa shape index (κ1) is 20.5. The fraction of sp³-hybridized carbons (Fsp3) is 0.375. The van der Waals surface area contributed by atoms with Gasteiger partial charge in [-0.15, -0.1) is 0 Å². The van der Waals surface area contributed by atoms with Crippen molar-refractivity contribution in [2.24, 2.45) is 0 Å². The molecule has 32 heavy (non-hydrogen) atoms. The lowest BCUT2D eigenvalue weighted by molar-refractivity contribution is 0.273. The molecule has 1 aliphatic carbocycles. The summed E-state index contributed by atoms with van der Waals surface area (Å²) in [5.41, 5.74) is 4.15. The van der Waals surface area contributed by atoms with E-state index in [4.69, 9.17) is 9.47 Å². The second kappa shape index (κ2) is 8.27. The molecule has 166 valence electrons. The molecule has 0 aliphatic heterocycles. The molecule has 8 nitrogen and oxygen atoms in total. The molecule has 1 fully saturated rings. The number of pyridine rings is 2. The van der Waals surface area contributed by atoms with Crippen LogP contribution in [-0.4, -0.2) is 58.8 Å². The van der Waals surface area contributed by atoms with E-state index in [1.165, 1.54) is 0 Å². The maximum absolute atomic E-state index is 12.6. The molecule has 5 rings (SSSR count). The van der Waals surface area contributed by atoms with E-state index in [1.54, 1.807) is 19.5 Å². The smallest absolute Gasteiger partial charge is 0.326 e. The Balaban J connectivity index is 1.50. The van der Waals surface area contributed by atoms with Crippen LogP contribution in [0.15, 0.2) is 41.5 Å². The minimum absolute atomic E-state index is 0.0772. The van der Waals surface area contributed by atoms with Crippen LogP contribution in [0.25, 0.3) is 33.1 Å². The van der Waals surface area contributed by atoms with Gasteiger partial charge in [-0.2, -0.15) is 0 Å². The Morgan fingerprint density at radius 1 is 1.19 bits per heavy atom. The van der Waals surface area contributed by atoms with Crippen molar-refractivity contribution in [3.05, 3.63) is 47.1 Å². The Hall–Kier alpha value is -3.39. The van der Waals surface area contributed by atoms with Crippen molar-refractivity contribution in [1.82, 2.24) is 24.4 Å². The van der Waals surface area contributed by atoms with Crippen LogP contribution in [0.2, 0.25) is 0 Å². The van der Waals surface area contributed by atoms with Crippen LogP contribution in [0.5, 0.6) is 11.6 Å². The SMILES string of the molecule is COc1cc2ncc3c([nH]c(=O)n3C3CC3)c2cc1-c1ccc(OCCCN(C)C)nc1. The van der Waals surface area contributed by atoms with Gasteiger partial charge in [0.2, 0.25) is 5.88 Å². The van der Waals surface area contributed by atoms with E-state index in [0.29, 0.717) is 18.2 Å². The number of benzene rings is 1. The van der Waals surface area contributed by atoms with Gasteiger partial charge in [0.1, 0.15) is 5.75 Å². The number of fused-ring (bicyclic) bond motifs is 3. The fourth-order valence-electron chi connectivity index (χ4n) is 4.07. The number of hydrogen-bond acceptors (Lipinski definition) is 6. The third-order valence-electron chi connectivity index (χ3n) is 5.84. The minimum Gasteiger partial charge on any atom is -0.496 e. The molecule has 0 atom stereocenters. The lowest BCUT2D eigenvalue weighted by Crippen LogP contribution is -2.15. The van der Waals surface area contributed by atoms with Gasteiger partial charge in [0.15, 0.2) is 0 Å². The predicted molar refractivity (Wildman–Crippen MR) is 125 cm³/mol. The summed E-state index contributed by atoms with van der Waals surface area (Å²) >= 11 is 0. The van der Waals surface area contributed by atoms with Crippen LogP contribution in [0.1, 0.15) is 25.3 Å². The number of nitrogens with one attached hydrogen (secondary N) is 1. The molecule has 1 aliphatic rings. The van der Waals surface area contributed by atoms with Crippen molar-refractivity contribution in [2.75, 3.05) is 34.4 Å². The zero-order valence-electron chi connectivity index (χ0n) is 18.6. The van der Waals surface area contributed by atoms with Crippen molar-refractivity contribution >= 4 is 21.9 Å². The van der Waals surface area contributed by atoms with Crippen LogP contribution in [0.4, 0.5) is 0 Å². The average molecular weight is 434 g/mol. The van der Waals surface area contributed by atoms with Crippen molar-refractivity contribution in [2.45, 2.75) is 25.3 Å². The zero-order chi connectivity index (χ0) is 22.2. The highest BCUT2D eigenvalue weighted by Crippen LogP contribution is 2.39. The lowest BCUT2D eigenvalue weighted by atomic mass is 10.0. The van der Waals surface area contributed by atoms with Gasteiger partial charge in [-0.05, 0) is 45.5 Å². The Bertz CT molecular complexity index is 1320. The van der Waals surface area contributed by atoms with Gasteiger partial charge in [0.25, 0.3) is 0 Å². The topological polar surface area (TPSA) is 85.3 Å². The number of rotatable bonds is 8. The summed E-state index contributed by atoms with van der Waals surface area (Å²) < 4.78 is 13.2. The molecule has 0 unspecified atom stereocenters. The van der Waals surface area contributed by atoms with Crippen LogP contribution < -0.4 is 15.2 Å². The summed E-state index contributed by atoms with van der Waals surface area (Å²) in [5.74, 6) is 1.30. The molecule has 0 saturated heterocycles. The number of aromatic amines is 1. The molecular weight excluding hydrogens is 406 g/mol. The molecule has 1 N–H and O–H groups in total. The zero-order valence-corrected chi connectivity index (χ0v) is 18.6. The molecule has 0 spiro atoms. The quantitative estimate of drug-likeness (QED) is 0.427. The third kappa shape index (κ3) is 3.82. The van der Waals surface area contributed by atoms with Crippen LogP contribution in [0.3, 0.4) is 0 Å². The molecule has 0 radical (unpaired) electrons. The molecule has 4 aromatic rings. The molecule has 8 heteroatoms. The van der Waals surface area contributed by atoms with E-state index < -0.39 is 0 Å². The summed E-state index contributed by atoms with van der Waals surface area (Å²) in [6, 6.07) is 8.05. The van der Waals surface area contributed by atoms with Crippen LogP contribution in [-0.2, 0) is 0 Å². The monoisotopic (exact) mass is 433 g/mol. The number of H-pyrrole nitrogens is 1. The van der Waals surface area contributed by atoms with Gasteiger partial charge in [-0.25, -0.2) is 9.78 Å². The highest BCUT2D eigenvalue weighted by molar-refractivity contribution is 6.04. The van der Waals surface area contributed by atoms with Gasteiger partial charge >= 0.3 is 5.69 Å². The van der Waals surface area contributed by atoms with Gasteiger partial charge in [0, 0.05) is 47.4 Å². The fourth-order valence-corrected chi connectivity index (χ4v) is 4.07. The number of hydrogen-bond donors (Lipinski definition) is 1. The first-order valence-electron chi connectivity index (χ1n) is 10.9. The van der Waals surface area contributed by atoms with E-state index >= 15 is 0 Å². The number of ether oxygens (including phenoxy) is 2. The van der Waals surface area contributed by atoms with Crippen LogP contribution in [0, 0.1) is 0 Å². The molecule has 1 aromatic carbocycles. The van der Waals surface area contributed by atoms with Gasteiger partial charge in [-0.1, -0.05) is 0 Å². The average Bonchev–Trinajstić information content (AvgIpc) is 3.57. The normalized spacial score (nSPS) is 13.9. The summed E-state index contributed by atoms with van der Waals surface area (Å²) in [6.07, 6.45) is 6.58. The van der Waals surface area contributed by atoms with Crippen molar-refractivity contribution in [1.29, 1.82) is 0 Å². The number of aromatic nitrogens is 4. The maximum Gasteiger partial charge on any atom is 0.326 e. The molecule has 0 bridgehead atoms. The van der Waals surface area contributed by atoms with E-state index in [1.807, 2.05) is 42.9 Å². The Kier molecular flexibility index (Phi) is 5.30. The second-order valence-corrected chi connectivity index (χ2v) is 8.51. The first-order valence-corrected chi connectivity index (χ1v) is 10.9. The standard InChI is InChI=1S/C24H27N5O3/c1-28(2)9-4-10-32-22-8-5-15(13-26-22)17-11-18-19(12-21(17)31-3)25-14-20-23(18)27-24(30)29(20)16-6-7-16/h5,8,11-14,16H,4,6-7,9-10H2,1-3H3,(H,27,30). The van der Waals surface area contributed by atoms with E-state index in [0.717, 1.165) is 58.9 Å². The summed E-state index contributed by atoms with van der Waals surface area (Å²) in [5, 5.41) is 0.888. The van der Waals surface area contributed by atoms with Crippen LogP contribution >= 0.6 is 0 Å². The third-order valence-corrected chi connectivity index (χ3v) is 5.84. The van der Waals surface area contributed by atoms with E-state index in [9.17, 15) is 4.79 Å². The Labute approximate surface area is 185 Å². The largest absolute Gasteiger partial charge is 0.496 e. The first-order chi connectivity index (χ1) is 15.5. The molecular formula is C24H27N5O3. The predicted octanol–water partition coefficient (Wildman–Crippen LogP) is 3.61. The number of imidazole rings is 1. The Morgan fingerprint density at radius 2 is 2.03 bits per heavy atom. The molecule has 0 amide bonds. The molecule has 3 heterocycles. The van der Waals surface area contributed by atoms with E-state index in [2.05, 4.69) is 19.9 Å². The van der Waals surface area contributed by atoms with Gasteiger partial charge < -0.3 is 19.4 Å². The van der Waals surface area contributed by atoms with Crippen molar-refractivity contribution < 1.29 is 9.47 Å². The highest BCUT2D eigenvalue weighted by atomic mass is 16.5. The van der Waals surface area contributed by atoms with Crippen molar-refractivity contribution in [3.63, 3.8) is 0 Å². The molecule has 1 saturated carbocycles. The van der Waals surface area contributed by atoms with Gasteiger partial charge in [0.05, 0.1) is 36.5 Å². The van der Waals surface area contributed by atoms with Gasteiger partial charge in [-0.3, -0.25) is 9.55 Å². The number of nitrogens with zero attached hydrogens (tertiary/aromatic N) is 4. The van der Waals surface area contributed by atoms with Crippen molar-refractivity contribution in [3.8, 4) is 22.8 Å². The number of methoxy groups -OCH3 is 1. The maximum atomic E-state index is 12.6. The Morgan fingerprint density at radius 3 is 2.72 bits per heavy atom. The lowest BCUT2D eigenvalue weighted by Gasteiger charge is -2.12. The van der Waals surface area contributed by atoms with E-state index in [-0.39, 0.29) is 11.7 Å².